The van der Waals surface area contributed by atoms with Gasteiger partial charge in [0.25, 0.3) is 0 Å². The average molecular weight is 369 g/mol. The molecule has 0 bridgehead atoms. The molecule has 0 saturated carbocycles. The van der Waals surface area contributed by atoms with E-state index < -0.39 is 5.97 Å². The number of carbonyl (C=O) groups is 3. The van der Waals surface area contributed by atoms with Crippen LogP contribution >= 0.6 is 11.6 Å². The summed E-state index contributed by atoms with van der Waals surface area (Å²) in [6.07, 6.45) is 2.89. The number of carbonyl (C=O) groups excluding carboxylic acids is 3. The van der Waals surface area contributed by atoms with E-state index in [1.54, 1.807) is 48.5 Å². The maximum absolute atomic E-state index is 12.0. The fourth-order valence-electron chi connectivity index (χ4n) is 2.16. The highest BCUT2D eigenvalue weighted by Crippen LogP contribution is 2.23. The zero-order valence-electron chi connectivity index (χ0n) is 14.4. The van der Waals surface area contributed by atoms with Crippen LogP contribution in [-0.4, -0.2) is 17.5 Å². The third-order valence-corrected chi connectivity index (χ3v) is 3.85. The molecule has 0 atom stereocenters. The first-order valence-electron chi connectivity index (χ1n) is 7.85. The van der Waals surface area contributed by atoms with Gasteiger partial charge in [-0.05, 0) is 68.0 Å². The zero-order chi connectivity index (χ0) is 19.1. The van der Waals surface area contributed by atoms with Crippen LogP contribution in [-0.2, 0) is 9.59 Å². The quantitative estimate of drug-likeness (QED) is 0.187. The van der Waals surface area contributed by atoms with Crippen LogP contribution in [0.25, 0.3) is 5.03 Å². The maximum atomic E-state index is 12.0. The molecular formula is C21H17ClO4. The SMILES string of the molecule is CC(=O)C(=C/C=C(\Cl)c1ccc(OC(=O)c2ccccc2)cc1)C(C)=O. The van der Waals surface area contributed by atoms with E-state index >= 15 is 0 Å². The molecule has 0 saturated heterocycles. The van der Waals surface area contributed by atoms with Crippen molar-refractivity contribution in [2.45, 2.75) is 13.8 Å². The van der Waals surface area contributed by atoms with Gasteiger partial charge in [0.05, 0.1) is 11.1 Å². The Morgan fingerprint density at radius 2 is 1.38 bits per heavy atom. The van der Waals surface area contributed by atoms with Crippen molar-refractivity contribution in [3.8, 4) is 5.75 Å². The first-order valence-corrected chi connectivity index (χ1v) is 8.23. The number of hydrogen-bond acceptors (Lipinski definition) is 4. The lowest BCUT2D eigenvalue weighted by atomic mass is 10.1. The summed E-state index contributed by atoms with van der Waals surface area (Å²) < 4.78 is 5.29. The minimum atomic E-state index is -0.449. The maximum Gasteiger partial charge on any atom is 0.343 e. The molecule has 0 amide bonds. The molecule has 0 heterocycles. The number of allylic oxidation sites excluding steroid dienone is 3. The van der Waals surface area contributed by atoms with Gasteiger partial charge in [0.1, 0.15) is 5.75 Å². The van der Waals surface area contributed by atoms with Gasteiger partial charge in [-0.1, -0.05) is 29.8 Å². The van der Waals surface area contributed by atoms with Gasteiger partial charge in [0.2, 0.25) is 0 Å². The molecule has 0 spiro atoms. The minimum Gasteiger partial charge on any atom is -0.423 e. The first kappa shape index (κ1) is 19.3. The summed E-state index contributed by atoms with van der Waals surface area (Å²) >= 11 is 6.20. The average Bonchev–Trinajstić information content (AvgIpc) is 2.62. The summed E-state index contributed by atoms with van der Waals surface area (Å²) in [4.78, 5) is 34.8. The van der Waals surface area contributed by atoms with Gasteiger partial charge in [-0.3, -0.25) is 9.59 Å². The van der Waals surface area contributed by atoms with Gasteiger partial charge in [0.15, 0.2) is 11.6 Å². The van der Waals surface area contributed by atoms with Gasteiger partial charge in [-0.15, -0.1) is 0 Å². The predicted molar refractivity (Wildman–Crippen MR) is 101 cm³/mol. The Morgan fingerprint density at radius 1 is 0.808 bits per heavy atom. The van der Waals surface area contributed by atoms with E-state index in [0.29, 0.717) is 21.9 Å². The number of esters is 1. The number of halogens is 1. The Labute approximate surface area is 156 Å². The summed E-state index contributed by atoms with van der Waals surface area (Å²) in [5, 5.41) is 0.353. The van der Waals surface area contributed by atoms with E-state index in [1.807, 2.05) is 6.07 Å². The Bertz CT molecular complexity index is 862. The molecule has 132 valence electrons. The second-order valence-corrected chi connectivity index (χ2v) is 5.89. The van der Waals surface area contributed by atoms with E-state index in [4.69, 9.17) is 16.3 Å². The Kier molecular flexibility index (Phi) is 6.64. The van der Waals surface area contributed by atoms with E-state index in [1.165, 1.54) is 26.0 Å². The summed E-state index contributed by atoms with van der Waals surface area (Å²) in [7, 11) is 0. The number of rotatable bonds is 6. The fraction of sp³-hybridized carbons (Fsp3) is 0.0952. The molecule has 4 nitrogen and oxygen atoms in total. The number of Topliss-reactive ketones (excluding diaryl/α,β-unsaturated/α-hetero) is 2. The van der Waals surface area contributed by atoms with Crippen LogP contribution in [0.2, 0.25) is 0 Å². The topological polar surface area (TPSA) is 60.4 Å². The summed E-state index contributed by atoms with van der Waals surface area (Å²) in [6.45, 7) is 2.65. The second-order valence-electron chi connectivity index (χ2n) is 5.49. The van der Waals surface area contributed by atoms with Crippen molar-refractivity contribution < 1.29 is 19.1 Å². The normalized spacial score (nSPS) is 10.8. The van der Waals surface area contributed by atoms with Crippen LogP contribution in [0.15, 0.2) is 72.3 Å². The van der Waals surface area contributed by atoms with Gasteiger partial charge >= 0.3 is 5.97 Å². The lowest BCUT2D eigenvalue weighted by Crippen LogP contribution is -2.07. The molecule has 5 heteroatoms. The Morgan fingerprint density at radius 3 is 1.92 bits per heavy atom. The molecular weight excluding hydrogens is 352 g/mol. The Hall–Kier alpha value is -2.98. The predicted octanol–water partition coefficient (Wildman–Crippen LogP) is 4.59. The number of ether oxygens (including phenoxy) is 1. The minimum absolute atomic E-state index is 0.0801. The van der Waals surface area contributed by atoms with Crippen molar-refractivity contribution in [1.82, 2.24) is 0 Å². The number of hydrogen-bond donors (Lipinski definition) is 0. The van der Waals surface area contributed by atoms with Crippen molar-refractivity contribution in [1.29, 1.82) is 0 Å². The molecule has 0 aliphatic heterocycles. The Balaban J connectivity index is 2.12. The molecule has 0 N–H and O–H groups in total. The van der Waals surface area contributed by atoms with E-state index in [2.05, 4.69) is 0 Å². The third kappa shape index (κ3) is 5.26. The first-order chi connectivity index (χ1) is 12.4. The van der Waals surface area contributed by atoms with Crippen molar-refractivity contribution in [2.24, 2.45) is 0 Å². The van der Waals surface area contributed by atoms with E-state index in [9.17, 15) is 14.4 Å². The lowest BCUT2D eigenvalue weighted by Gasteiger charge is -2.05. The van der Waals surface area contributed by atoms with Crippen LogP contribution in [0, 0.1) is 0 Å². The number of benzene rings is 2. The third-order valence-electron chi connectivity index (χ3n) is 3.51. The van der Waals surface area contributed by atoms with E-state index in [0.717, 1.165) is 0 Å². The highest BCUT2D eigenvalue weighted by Gasteiger charge is 2.09. The van der Waals surface area contributed by atoms with Crippen LogP contribution in [0.1, 0.15) is 29.8 Å². The smallest absolute Gasteiger partial charge is 0.343 e. The number of ketones is 2. The molecule has 0 unspecified atom stereocenters. The van der Waals surface area contributed by atoms with Crippen molar-refractivity contribution in [3.63, 3.8) is 0 Å². The van der Waals surface area contributed by atoms with Crippen LogP contribution < -0.4 is 4.74 Å². The molecule has 0 aromatic heterocycles. The molecule has 2 aromatic rings. The summed E-state index contributed by atoms with van der Waals surface area (Å²) in [5.41, 5.74) is 1.20. The van der Waals surface area contributed by atoms with Crippen molar-refractivity contribution in [3.05, 3.63) is 83.4 Å². The molecule has 0 aliphatic rings. The molecule has 2 rings (SSSR count). The summed E-state index contributed by atoms with van der Waals surface area (Å²) in [5.74, 6) is -0.700. The molecule has 0 radical (unpaired) electrons. The monoisotopic (exact) mass is 368 g/mol. The lowest BCUT2D eigenvalue weighted by molar-refractivity contribution is -0.119. The molecule has 0 fully saturated rings. The standard InChI is InChI=1S/C21H17ClO4/c1-14(23)19(15(2)24)12-13-20(22)16-8-10-18(11-9-16)26-21(25)17-6-4-3-5-7-17/h3-13H,1-2H3/b20-13-. The molecule has 26 heavy (non-hydrogen) atoms. The van der Waals surface area contributed by atoms with Crippen molar-refractivity contribution in [2.75, 3.05) is 0 Å². The zero-order valence-corrected chi connectivity index (χ0v) is 15.1. The fourth-order valence-corrected chi connectivity index (χ4v) is 2.35. The van der Waals surface area contributed by atoms with Crippen LogP contribution in [0.5, 0.6) is 5.75 Å². The molecule has 2 aromatic carbocycles. The van der Waals surface area contributed by atoms with E-state index in [-0.39, 0.29) is 17.1 Å². The van der Waals surface area contributed by atoms with Crippen LogP contribution in [0.3, 0.4) is 0 Å². The second kappa shape index (κ2) is 8.92. The molecule has 0 aliphatic carbocycles. The highest BCUT2D eigenvalue weighted by molar-refractivity contribution is 6.49. The van der Waals surface area contributed by atoms with Gasteiger partial charge < -0.3 is 4.74 Å². The van der Waals surface area contributed by atoms with Gasteiger partial charge in [-0.2, -0.15) is 0 Å². The largest absolute Gasteiger partial charge is 0.423 e. The van der Waals surface area contributed by atoms with Crippen LogP contribution in [0.4, 0.5) is 0 Å². The van der Waals surface area contributed by atoms with Crippen molar-refractivity contribution >= 4 is 34.2 Å². The highest BCUT2D eigenvalue weighted by atomic mass is 35.5. The van der Waals surface area contributed by atoms with Gasteiger partial charge in [0, 0.05) is 5.03 Å². The summed E-state index contributed by atoms with van der Waals surface area (Å²) in [6, 6.07) is 15.3. The van der Waals surface area contributed by atoms with Gasteiger partial charge in [-0.25, -0.2) is 4.79 Å².